The molecule has 1 aromatic rings. The van der Waals surface area contributed by atoms with Gasteiger partial charge in [-0.25, -0.2) is 0 Å². The second-order valence-electron chi connectivity index (χ2n) is 2.33. The maximum absolute atomic E-state index is 10.4. The average molecular weight is 207 g/mol. The lowest BCUT2D eigenvalue weighted by Crippen LogP contribution is -2.18. The van der Waals surface area contributed by atoms with Crippen molar-refractivity contribution in [2.24, 2.45) is 0 Å². The molecule has 1 saturated heterocycles. The van der Waals surface area contributed by atoms with E-state index in [0.717, 1.165) is 11.8 Å². The zero-order valence-electron chi connectivity index (χ0n) is 7.36. The van der Waals surface area contributed by atoms with Gasteiger partial charge < -0.3 is 5.32 Å². The number of nitrogens with zero attached hydrogens (tertiary/aromatic N) is 1. The summed E-state index contributed by atoms with van der Waals surface area (Å²) in [5.74, 6) is -0.250. The van der Waals surface area contributed by atoms with Gasteiger partial charge in [0.1, 0.15) is 0 Å². The van der Waals surface area contributed by atoms with Gasteiger partial charge in [-0.2, -0.15) is 0 Å². The highest BCUT2D eigenvalue weighted by atomic mass is 32.2. The molecule has 0 saturated carbocycles. The molecule has 1 aliphatic rings. The summed E-state index contributed by atoms with van der Waals surface area (Å²) in [4.78, 5) is 14.6. The van der Waals surface area contributed by atoms with Crippen LogP contribution in [0.25, 0.3) is 0 Å². The van der Waals surface area contributed by atoms with E-state index in [1.165, 1.54) is 0 Å². The standard InChI is InChI=1S/C5H5N.C4H4N2OS/c1-2-4-6-5-3-1;1-2-3(7)6-4(5)8-2/h1-5H;1H2,(H2,5,6,7). The third kappa shape index (κ3) is 3.40. The summed E-state index contributed by atoms with van der Waals surface area (Å²) in [7, 11) is 0. The van der Waals surface area contributed by atoms with Crippen molar-refractivity contribution in [3.05, 3.63) is 42.1 Å². The van der Waals surface area contributed by atoms with Crippen molar-refractivity contribution in [2.45, 2.75) is 0 Å². The SMILES string of the molecule is C=C1SC(=N)NC1=O.c1ccncc1. The number of aromatic nitrogens is 1. The van der Waals surface area contributed by atoms with Crippen molar-refractivity contribution in [1.29, 1.82) is 5.41 Å². The Balaban J connectivity index is 0.000000146. The smallest absolute Gasteiger partial charge is 0.263 e. The molecule has 0 radical (unpaired) electrons. The molecule has 1 aromatic heterocycles. The molecular weight excluding hydrogens is 198 g/mol. The minimum Gasteiger partial charge on any atom is -0.301 e. The van der Waals surface area contributed by atoms with Crippen LogP contribution in [0.3, 0.4) is 0 Å². The fourth-order valence-electron chi connectivity index (χ4n) is 0.680. The molecule has 0 aliphatic carbocycles. The van der Waals surface area contributed by atoms with Gasteiger partial charge in [0.25, 0.3) is 5.91 Å². The molecule has 14 heavy (non-hydrogen) atoms. The van der Waals surface area contributed by atoms with Crippen molar-refractivity contribution in [1.82, 2.24) is 10.3 Å². The Kier molecular flexibility index (Phi) is 3.87. The number of thioether (sulfide) groups is 1. The van der Waals surface area contributed by atoms with Gasteiger partial charge in [0, 0.05) is 12.4 Å². The summed E-state index contributed by atoms with van der Waals surface area (Å²) < 4.78 is 0. The Morgan fingerprint density at radius 1 is 1.36 bits per heavy atom. The summed E-state index contributed by atoms with van der Waals surface area (Å²) in [6, 6.07) is 5.72. The van der Waals surface area contributed by atoms with Crippen molar-refractivity contribution in [3.8, 4) is 0 Å². The van der Waals surface area contributed by atoms with E-state index in [-0.39, 0.29) is 11.1 Å². The zero-order chi connectivity index (χ0) is 10.4. The lowest BCUT2D eigenvalue weighted by Gasteiger charge is -1.81. The second kappa shape index (κ2) is 5.18. The molecule has 1 aliphatic heterocycles. The molecule has 1 amide bonds. The number of amides is 1. The molecule has 0 bridgehead atoms. The minimum atomic E-state index is -0.250. The van der Waals surface area contributed by atoms with Gasteiger partial charge in [-0.1, -0.05) is 12.6 Å². The molecule has 2 N–H and O–H groups in total. The number of carbonyl (C=O) groups excluding carboxylic acids is 1. The molecule has 0 spiro atoms. The van der Waals surface area contributed by atoms with E-state index in [1.54, 1.807) is 12.4 Å². The van der Waals surface area contributed by atoms with Crippen LogP contribution in [0, 0.1) is 5.41 Å². The highest BCUT2D eigenvalue weighted by Crippen LogP contribution is 2.18. The predicted octanol–water partition coefficient (Wildman–Crippen LogP) is 1.38. The van der Waals surface area contributed by atoms with Crippen LogP contribution in [0.1, 0.15) is 0 Å². The monoisotopic (exact) mass is 207 g/mol. The van der Waals surface area contributed by atoms with E-state index in [2.05, 4.69) is 16.9 Å². The normalized spacial score (nSPS) is 14.4. The van der Waals surface area contributed by atoms with Crippen molar-refractivity contribution in [2.75, 3.05) is 0 Å². The maximum Gasteiger partial charge on any atom is 0.263 e. The molecule has 4 nitrogen and oxygen atoms in total. The number of hydrogen-bond donors (Lipinski definition) is 2. The predicted molar refractivity (Wildman–Crippen MR) is 56.8 cm³/mol. The van der Waals surface area contributed by atoms with Crippen LogP contribution < -0.4 is 5.32 Å². The Morgan fingerprint density at radius 2 is 2.00 bits per heavy atom. The third-order valence-electron chi connectivity index (χ3n) is 1.27. The Hall–Kier alpha value is -1.62. The van der Waals surface area contributed by atoms with E-state index >= 15 is 0 Å². The molecule has 2 heterocycles. The molecule has 0 aromatic carbocycles. The summed E-state index contributed by atoms with van der Waals surface area (Å²) in [5, 5.41) is 9.32. The number of nitrogens with one attached hydrogen (secondary N) is 2. The van der Waals surface area contributed by atoms with Gasteiger partial charge in [-0.05, 0) is 23.9 Å². The fraction of sp³-hybridized carbons (Fsp3) is 0. The maximum atomic E-state index is 10.4. The van der Waals surface area contributed by atoms with Crippen molar-refractivity contribution in [3.63, 3.8) is 0 Å². The fourth-order valence-corrected chi connectivity index (χ4v) is 1.21. The van der Waals surface area contributed by atoms with Gasteiger partial charge in [0.05, 0.1) is 4.91 Å². The van der Waals surface area contributed by atoms with E-state index in [9.17, 15) is 4.79 Å². The van der Waals surface area contributed by atoms with Gasteiger partial charge in [0.2, 0.25) is 0 Å². The Bertz CT molecular complexity index is 306. The van der Waals surface area contributed by atoms with E-state index < -0.39 is 0 Å². The largest absolute Gasteiger partial charge is 0.301 e. The van der Waals surface area contributed by atoms with Crippen LogP contribution in [0.2, 0.25) is 0 Å². The number of rotatable bonds is 0. The van der Waals surface area contributed by atoms with Gasteiger partial charge in [-0.15, -0.1) is 0 Å². The second-order valence-corrected chi connectivity index (χ2v) is 3.44. The van der Waals surface area contributed by atoms with E-state index in [1.807, 2.05) is 18.2 Å². The lowest BCUT2D eigenvalue weighted by molar-refractivity contribution is -0.115. The molecule has 1 fully saturated rings. The summed E-state index contributed by atoms with van der Waals surface area (Å²) in [6.07, 6.45) is 3.50. The van der Waals surface area contributed by atoms with Gasteiger partial charge in [0.15, 0.2) is 5.17 Å². The molecule has 0 unspecified atom stereocenters. The quantitative estimate of drug-likeness (QED) is 0.631. The first-order chi connectivity index (χ1) is 6.70. The van der Waals surface area contributed by atoms with Crippen LogP contribution >= 0.6 is 11.8 Å². The highest BCUT2D eigenvalue weighted by molar-refractivity contribution is 8.18. The zero-order valence-corrected chi connectivity index (χ0v) is 8.17. The molecule has 0 atom stereocenters. The number of pyridine rings is 1. The Morgan fingerprint density at radius 3 is 2.14 bits per heavy atom. The molecule has 2 rings (SSSR count). The van der Waals surface area contributed by atoms with Gasteiger partial charge >= 0.3 is 0 Å². The van der Waals surface area contributed by atoms with Crippen LogP contribution in [0.15, 0.2) is 42.1 Å². The van der Waals surface area contributed by atoms with Crippen LogP contribution in [0.4, 0.5) is 0 Å². The first-order valence-corrected chi connectivity index (χ1v) is 4.63. The highest BCUT2D eigenvalue weighted by Gasteiger charge is 2.19. The topological polar surface area (TPSA) is 65.8 Å². The van der Waals surface area contributed by atoms with Crippen molar-refractivity contribution >= 4 is 22.8 Å². The summed E-state index contributed by atoms with van der Waals surface area (Å²) in [5.41, 5.74) is 0. The summed E-state index contributed by atoms with van der Waals surface area (Å²) in [6.45, 7) is 3.40. The number of carbonyl (C=O) groups is 1. The number of hydrogen-bond acceptors (Lipinski definition) is 4. The lowest BCUT2D eigenvalue weighted by atomic mass is 10.5. The average Bonchev–Trinajstić information content (AvgIpc) is 2.48. The van der Waals surface area contributed by atoms with Crippen LogP contribution in [0.5, 0.6) is 0 Å². The van der Waals surface area contributed by atoms with Crippen LogP contribution in [-0.2, 0) is 4.79 Å². The van der Waals surface area contributed by atoms with E-state index in [4.69, 9.17) is 5.41 Å². The third-order valence-corrected chi connectivity index (χ3v) is 2.01. The molecular formula is C9H9N3OS. The van der Waals surface area contributed by atoms with Gasteiger partial charge in [-0.3, -0.25) is 15.2 Å². The first kappa shape index (κ1) is 10.5. The minimum absolute atomic E-state index is 0.167. The molecule has 5 heteroatoms. The molecule has 72 valence electrons. The Labute approximate surface area is 85.9 Å². The number of amidine groups is 1. The summed E-state index contributed by atoms with van der Waals surface area (Å²) >= 11 is 1.06. The van der Waals surface area contributed by atoms with Crippen LogP contribution in [-0.4, -0.2) is 16.1 Å². The van der Waals surface area contributed by atoms with Crippen molar-refractivity contribution < 1.29 is 4.79 Å². The first-order valence-electron chi connectivity index (χ1n) is 3.82. The van der Waals surface area contributed by atoms with E-state index in [0.29, 0.717) is 4.91 Å².